The molecule has 0 spiro atoms. The summed E-state index contributed by atoms with van der Waals surface area (Å²) in [5.41, 5.74) is 9.27. The lowest BCUT2D eigenvalue weighted by atomic mass is 9.88. The molecule has 0 saturated carbocycles. The molecular formula is C20H23ClN2O. The maximum absolute atomic E-state index is 12.5. The van der Waals surface area contributed by atoms with Crippen molar-refractivity contribution in [3.8, 4) is 0 Å². The molecule has 1 saturated heterocycles. The summed E-state index contributed by atoms with van der Waals surface area (Å²) >= 11 is 5.89. The Morgan fingerprint density at radius 2 is 1.79 bits per heavy atom. The number of carbonyl (C=O) groups is 1. The molecule has 2 aromatic rings. The molecule has 4 heteroatoms. The van der Waals surface area contributed by atoms with E-state index in [0.29, 0.717) is 23.9 Å². The summed E-state index contributed by atoms with van der Waals surface area (Å²) in [4.78, 5) is 14.5. The van der Waals surface area contributed by atoms with Gasteiger partial charge in [0.1, 0.15) is 0 Å². The van der Waals surface area contributed by atoms with Gasteiger partial charge < -0.3 is 10.6 Å². The molecule has 3 nitrogen and oxygen atoms in total. The third-order valence-corrected chi connectivity index (χ3v) is 5.03. The number of hydrogen-bond donors (Lipinski definition) is 1. The first-order chi connectivity index (χ1) is 11.7. The first kappa shape index (κ1) is 17.0. The first-order valence-corrected chi connectivity index (χ1v) is 8.84. The van der Waals surface area contributed by atoms with Crippen LogP contribution in [0.1, 0.15) is 35.4 Å². The molecule has 1 heterocycles. The quantitative estimate of drug-likeness (QED) is 0.919. The lowest BCUT2D eigenvalue weighted by molar-refractivity contribution is -0.131. The Hall–Kier alpha value is -1.84. The Balaban J connectivity index is 1.56. The van der Waals surface area contributed by atoms with Gasteiger partial charge >= 0.3 is 0 Å². The van der Waals surface area contributed by atoms with Gasteiger partial charge in [0, 0.05) is 24.7 Å². The predicted octanol–water partition coefficient (Wildman–Crippen LogP) is 3.75. The average Bonchev–Trinajstić information content (AvgIpc) is 2.64. The molecule has 0 aliphatic carbocycles. The fourth-order valence-corrected chi connectivity index (χ4v) is 3.45. The number of rotatable bonds is 4. The van der Waals surface area contributed by atoms with Crippen molar-refractivity contribution in [2.45, 2.75) is 31.7 Å². The van der Waals surface area contributed by atoms with Gasteiger partial charge in [-0.15, -0.1) is 0 Å². The van der Waals surface area contributed by atoms with E-state index in [1.54, 1.807) is 0 Å². The molecule has 1 aliphatic heterocycles. The summed E-state index contributed by atoms with van der Waals surface area (Å²) in [6.07, 6.45) is 2.48. The lowest BCUT2D eigenvalue weighted by Gasteiger charge is -2.32. The van der Waals surface area contributed by atoms with E-state index in [-0.39, 0.29) is 5.91 Å². The minimum absolute atomic E-state index is 0.200. The number of amides is 1. The number of nitrogens with zero attached hydrogens (tertiary/aromatic N) is 1. The Morgan fingerprint density at radius 3 is 2.46 bits per heavy atom. The molecule has 1 fully saturated rings. The van der Waals surface area contributed by atoms with Crippen LogP contribution in [-0.2, 0) is 17.8 Å². The molecule has 0 radical (unpaired) electrons. The lowest BCUT2D eigenvalue weighted by Crippen LogP contribution is -2.38. The minimum atomic E-state index is 0.200. The molecule has 24 heavy (non-hydrogen) atoms. The molecule has 2 N–H and O–H groups in total. The summed E-state index contributed by atoms with van der Waals surface area (Å²) in [7, 11) is 0. The van der Waals surface area contributed by atoms with Crippen molar-refractivity contribution >= 4 is 17.5 Å². The first-order valence-electron chi connectivity index (χ1n) is 8.47. The third kappa shape index (κ3) is 4.16. The van der Waals surface area contributed by atoms with Gasteiger partial charge in [-0.3, -0.25) is 4.79 Å². The van der Waals surface area contributed by atoms with E-state index in [1.165, 1.54) is 11.1 Å². The minimum Gasteiger partial charge on any atom is -0.342 e. The van der Waals surface area contributed by atoms with Crippen LogP contribution in [0.4, 0.5) is 0 Å². The second kappa shape index (κ2) is 7.82. The Bertz CT molecular complexity index is 691. The number of hydrogen-bond acceptors (Lipinski definition) is 2. The van der Waals surface area contributed by atoms with Crippen LogP contribution in [0.5, 0.6) is 0 Å². The summed E-state index contributed by atoms with van der Waals surface area (Å²) in [6, 6.07) is 16.0. The number of benzene rings is 2. The topological polar surface area (TPSA) is 46.3 Å². The Morgan fingerprint density at radius 1 is 1.08 bits per heavy atom. The molecular weight excluding hydrogens is 320 g/mol. The molecule has 1 aliphatic rings. The predicted molar refractivity (Wildman–Crippen MR) is 98.0 cm³/mol. The highest BCUT2D eigenvalue weighted by Gasteiger charge is 2.23. The molecule has 1 amide bonds. The number of halogens is 1. The van der Waals surface area contributed by atoms with Gasteiger partial charge in [-0.05, 0) is 47.6 Å². The molecule has 126 valence electrons. The summed E-state index contributed by atoms with van der Waals surface area (Å²) in [5.74, 6) is 0.725. The highest BCUT2D eigenvalue weighted by atomic mass is 35.5. The SMILES string of the molecule is NCc1cccc(C2CCN(C(=O)Cc3ccc(Cl)cc3)CC2)c1. The third-order valence-electron chi connectivity index (χ3n) is 4.77. The van der Waals surface area contributed by atoms with Crippen LogP contribution in [0.3, 0.4) is 0 Å². The van der Waals surface area contributed by atoms with E-state index in [2.05, 4.69) is 24.3 Å². The van der Waals surface area contributed by atoms with Crippen molar-refractivity contribution in [2.24, 2.45) is 5.73 Å². The van der Waals surface area contributed by atoms with Crippen LogP contribution in [0.25, 0.3) is 0 Å². The van der Waals surface area contributed by atoms with Gasteiger partial charge in [-0.1, -0.05) is 48.0 Å². The van der Waals surface area contributed by atoms with Crippen molar-refractivity contribution in [3.63, 3.8) is 0 Å². The number of carbonyl (C=O) groups excluding carboxylic acids is 1. The maximum atomic E-state index is 12.5. The standard InChI is InChI=1S/C20H23ClN2O/c21-19-6-4-15(5-7-19)13-20(24)23-10-8-17(9-11-23)18-3-1-2-16(12-18)14-22/h1-7,12,17H,8-11,13-14,22H2. The molecule has 3 rings (SSSR count). The smallest absolute Gasteiger partial charge is 0.226 e. The van der Waals surface area contributed by atoms with Crippen molar-refractivity contribution in [1.82, 2.24) is 4.90 Å². The number of piperidine rings is 1. The van der Waals surface area contributed by atoms with Crippen LogP contribution in [0.15, 0.2) is 48.5 Å². The fourth-order valence-electron chi connectivity index (χ4n) is 3.32. The summed E-state index contributed by atoms with van der Waals surface area (Å²) in [5, 5.41) is 0.701. The van der Waals surface area contributed by atoms with Gasteiger partial charge in [0.25, 0.3) is 0 Å². The highest BCUT2D eigenvalue weighted by Crippen LogP contribution is 2.28. The van der Waals surface area contributed by atoms with E-state index in [9.17, 15) is 4.79 Å². The monoisotopic (exact) mass is 342 g/mol. The van der Waals surface area contributed by atoms with Crippen LogP contribution >= 0.6 is 11.6 Å². The van der Waals surface area contributed by atoms with E-state index in [0.717, 1.165) is 31.5 Å². The zero-order valence-corrected chi connectivity index (χ0v) is 14.5. The second-order valence-corrected chi connectivity index (χ2v) is 6.84. The number of likely N-dealkylation sites (tertiary alicyclic amines) is 1. The van der Waals surface area contributed by atoms with Crippen molar-refractivity contribution in [1.29, 1.82) is 0 Å². The largest absolute Gasteiger partial charge is 0.342 e. The second-order valence-electron chi connectivity index (χ2n) is 6.41. The Labute approximate surface area is 148 Å². The molecule has 0 atom stereocenters. The fraction of sp³-hybridized carbons (Fsp3) is 0.350. The normalized spacial score (nSPS) is 15.5. The van der Waals surface area contributed by atoms with Gasteiger partial charge in [0.15, 0.2) is 0 Å². The van der Waals surface area contributed by atoms with E-state index in [1.807, 2.05) is 29.2 Å². The molecule has 0 aromatic heterocycles. The van der Waals surface area contributed by atoms with Crippen molar-refractivity contribution in [3.05, 3.63) is 70.2 Å². The summed E-state index contributed by atoms with van der Waals surface area (Å²) < 4.78 is 0. The summed E-state index contributed by atoms with van der Waals surface area (Å²) in [6.45, 7) is 2.22. The van der Waals surface area contributed by atoms with E-state index in [4.69, 9.17) is 17.3 Å². The van der Waals surface area contributed by atoms with Crippen LogP contribution in [0, 0.1) is 0 Å². The van der Waals surface area contributed by atoms with Crippen molar-refractivity contribution < 1.29 is 4.79 Å². The molecule has 2 aromatic carbocycles. The Kier molecular flexibility index (Phi) is 5.54. The van der Waals surface area contributed by atoms with E-state index >= 15 is 0 Å². The van der Waals surface area contributed by atoms with Crippen LogP contribution in [-0.4, -0.2) is 23.9 Å². The van der Waals surface area contributed by atoms with Crippen molar-refractivity contribution in [2.75, 3.05) is 13.1 Å². The number of nitrogens with two attached hydrogens (primary N) is 1. The zero-order valence-electron chi connectivity index (χ0n) is 13.7. The van der Waals surface area contributed by atoms with E-state index < -0.39 is 0 Å². The van der Waals surface area contributed by atoms with Gasteiger partial charge in [-0.25, -0.2) is 0 Å². The van der Waals surface area contributed by atoms with Crippen LogP contribution < -0.4 is 5.73 Å². The zero-order chi connectivity index (χ0) is 16.9. The molecule has 0 bridgehead atoms. The average molecular weight is 343 g/mol. The maximum Gasteiger partial charge on any atom is 0.226 e. The molecule has 0 unspecified atom stereocenters. The van der Waals surface area contributed by atoms with Crippen LogP contribution in [0.2, 0.25) is 5.02 Å². The van der Waals surface area contributed by atoms with Gasteiger partial charge in [0.05, 0.1) is 6.42 Å². The van der Waals surface area contributed by atoms with Gasteiger partial charge in [0.2, 0.25) is 5.91 Å². The van der Waals surface area contributed by atoms with Gasteiger partial charge in [-0.2, -0.15) is 0 Å². The highest BCUT2D eigenvalue weighted by molar-refractivity contribution is 6.30.